The van der Waals surface area contributed by atoms with Crippen molar-refractivity contribution < 1.29 is 9.53 Å². The Kier molecular flexibility index (Phi) is 6.13. The molecular weight excluding hydrogens is 396 g/mol. The largest absolute Gasteiger partial charge is 0.444 e. The van der Waals surface area contributed by atoms with Crippen LogP contribution in [0, 0.1) is 0 Å². The minimum atomic E-state index is -0.516. The molecule has 1 aromatic heterocycles. The monoisotopic (exact) mass is 424 g/mol. The minimum Gasteiger partial charge on any atom is -0.444 e. The van der Waals surface area contributed by atoms with Crippen LogP contribution in [0.4, 0.5) is 4.79 Å². The summed E-state index contributed by atoms with van der Waals surface area (Å²) in [5, 5.41) is 3.96. The van der Waals surface area contributed by atoms with Crippen LogP contribution in [-0.4, -0.2) is 22.8 Å². The Morgan fingerprint density at radius 2 is 1.53 bits per heavy atom. The van der Waals surface area contributed by atoms with E-state index in [-0.39, 0.29) is 0 Å². The van der Waals surface area contributed by atoms with E-state index in [1.165, 1.54) is 0 Å². The number of fused-ring (bicyclic) bond motifs is 1. The van der Waals surface area contributed by atoms with E-state index >= 15 is 0 Å². The van der Waals surface area contributed by atoms with E-state index in [2.05, 4.69) is 88.8 Å². The molecular formula is C28H28N2O2. The molecule has 0 atom stereocenters. The number of alkyl carbamates (subject to hydrolysis) is 1. The van der Waals surface area contributed by atoms with E-state index in [4.69, 9.17) is 4.74 Å². The number of hydrogen-bond acceptors (Lipinski definition) is 2. The summed E-state index contributed by atoms with van der Waals surface area (Å²) in [4.78, 5) is 12.0. The predicted octanol–water partition coefficient (Wildman–Crippen LogP) is 6.84. The second kappa shape index (κ2) is 9.15. The lowest BCUT2D eigenvalue weighted by Gasteiger charge is -2.19. The number of amides is 1. The van der Waals surface area contributed by atoms with Crippen LogP contribution in [0.25, 0.3) is 33.9 Å². The lowest BCUT2D eigenvalue weighted by atomic mass is 10.0. The van der Waals surface area contributed by atoms with Gasteiger partial charge in [0.05, 0.1) is 11.2 Å². The quantitative estimate of drug-likeness (QED) is 0.381. The molecule has 4 heteroatoms. The zero-order valence-electron chi connectivity index (χ0n) is 18.7. The van der Waals surface area contributed by atoms with Crippen LogP contribution >= 0.6 is 0 Å². The van der Waals surface area contributed by atoms with Crippen LogP contribution in [0.1, 0.15) is 26.3 Å². The number of aromatic nitrogens is 1. The fourth-order valence-corrected chi connectivity index (χ4v) is 3.79. The van der Waals surface area contributed by atoms with Gasteiger partial charge in [0.15, 0.2) is 0 Å². The third-order valence-electron chi connectivity index (χ3n) is 5.02. The maximum Gasteiger partial charge on any atom is 0.407 e. The molecule has 0 saturated heterocycles. The highest BCUT2D eigenvalue weighted by atomic mass is 16.6. The number of carbonyl (C=O) groups is 1. The van der Waals surface area contributed by atoms with Gasteiger partial charge in [-0.2, -0.15) is 0 Å². The summed E-state index contributed by atoms with van der Waals surface area (Å²) >= 11 is 0. The van der Waals surface area contributed by atoms with Gasteiger partial charge in [0.25, 0.3) is 0 Å². The highest BCUT2D eigenvalue weighted by Crippen LogP contribution is 2.37. The zero-order valence-corrected chi connectivity index (χ0v) is 18.7. The fraction of sp³-hybridized carbons (Fsp3) is 0.179. The maximum atomic E-state index is 12.0. The first-order chi connectivity index (χ1) is 15.4. The molecule has 0 radical (unpaired) electrons. The first-order valence-electron chi connectivity index (χ1n) is 10.8. The van der Waals surface area contributed by atoms with Gasteiger partial charge >= 0.3 is 6.09 Å². The van der Waals surface area contributed by atoms with Crippen molar-refractivity contribution in [1.82, 2.24) is 9.88 Å². The Morgan fingerprint density at radius 1 is 0.906 bits per heavy atom. The Morgan fingerprint density at radius 3 is 2.22 bits per heavy atom. The molecule has 3 aromatic carbocycles. The van der Waals surface area contributed by atoms with Gasteiger partial charge in [-0.3, -0.25) is 0 Å². The number of hydrogen-bond donors (Lipinski definition) is 1. The van der Waals surface area contributed by atoms with Gasteiger partial charge in [-0.25, -0.2) is 4.79 Å². The van der Waals surface area contributed by atoms with Crippen LogP contribution in [0.2, 0.25) is 0 Å². The zero-order chi connectivity index (χ0) is 22.6. The molecule has 4 nitrogen and oxygen atoms in total. The minimum absolute atomic E-state index is 0.383. The molecule has 32 heavy (non-hydrogen) atoms. The van der Waals surface area contributed by atoms with Gasteiger partial charge in [-0.05, 0) is 44.5 Å². The summed E-state index contributed by atoms with van der Waals surface area (Å²) in [7, 11) is 0. The van der Waals surface area contributed by atoms with Crippen molar-refractivity contribution in [3.63, 3.8) is 0 Å². The van der Waals surface area contributed by atoms with Crippen LogP contribution in [0.5, 0.6) is 0 Å². The number of ether oxygens (including phenoxy) is 1. The van der Waals surface area contributed by atoms with E-state index in [0.29, 0.717) is 6.54 Å². The molecule has 4 aromatic rings. The van der Waals surface area contributed by atoms with Gasteiger partial charge in [0, 0.05) is 23.2 Å². The van der Waals surface area contributed by atoms with Gasteiger partial charge in [-0.1, -0.05) is 78.9 Å². The molecule has 0 aliphatic heterocycles. The summed E-state index contributed by atoms with van der Waals surface area (Å²) < 4.78 is 7.62. The Balaban J connectivity index is 1.78. The molecule has 0 spiro atoms. The number of carbonyl (C=O) groups excluding carboxylic acids is 1. The van der Waals surface area contributed by atoms with Crippen LogP contribution in [0.15, 0.2) is 91.0 Å². The van der Waals surface area contributed by atoms with Crippen molar-refractivity contribution >= 4 is 23.1 Å². The fourth-order valence-electron chi connectivity index (χ4n) is 3.79. The lowest BCUT2D eigenvalue weighted by molar-refractivity contribution is 0.0534. The molecule has 0 aliphatic carbocycles. The normalized spacial score (nSPS) is 11.7. The number of benzene rings is 3. The predicted molar refractivity (Wildman–Crippen MR) is 132 cm³/mol. The standard InChI is InChI=1S/C28H28N2O2/c1-28(2,3)32-27(31)29-20-12-18-24-23-17-10-11-19-25(23)30(22-15-8-5-9-16-22)26(24)21-13-6-4-7-14-21/h4-19H,20H2,1-3H3,(H,29,31). The van der Waals surface area contributed by atoms with Crippen molar-refractivity contribution in [3.05, 3.63) is 96.6 Å². The number of nitrogens with one attached hydrogen (secondary N) is 1. The summed E-state index contributed by atoms with van der Waals surface area (Å²) in [6.07, 6.45) is 3.63. The molecule has 1 amide bonds. The van der Waals surface area contributed by atoms with Crippen molar-refractivity contribution in [3.8, 4) is 16.9 Å². The van der Waals surface area contributed by atoms with Crippen molar-refractivity contribution in [1.29, 1.82) is 0 Å². The van der Waals surface area contributed by atoms with Crippen molar-refractivity contribution in [2.45, 2.75) is 26.4 Å². The van der Waals surface area contributed by atoms with Crippen molar-refractivity contribution in [2.24, 2.45) is 0 Å². The molecule has 0 bridgehead atoms. The van der Waals surface area contributed by atoms with E-state index in [1.807, 2.05) is 39.0 Å². The van der Waals surface area contributed by atoms with E-state index < -0.39 is 11.7 Å². The molecule has 0 fully saturated rings. The average molecular weight is 425 g/mol. The van der Waals surface area contributed by atoms with Crippen LogP contribution < -0.4 is 5.32 Å². The Hall–Kier alpha value is -3.79. The Bertz CT molecular complexity index is 1230. The van der Waals surface area contributed by atoms with Crippen LogP contribution in [0.3, 0.4) is 0 Å². The summed E-state index contributed by atoms with van der Waals surface area (Å²) in [5.41, 5.74) is 5.09. The SMILES string of the molecule is CC(C)(C)OC(=O)NCC=Cc1c(-c2ccccc2)n(-c2ccccc2)c2ccccc12. The third-order valence-corrected chi connectivity index (χ3v) is 5.02. The molecule has 0 saturated carbocycles. The third kappa shape index (κ3) is 4.75. The molecule has 0 unspecified atom stereocenters. The maximum absolute atomic E-state index is 12.0. The van der Waals surface area contributed by atoms with E-state index in [1.54, 1.807) is 0 Å². The summed E-state index contributed by atoms with van der Waals surface area (Å²) in [6, 6.07) is 29.2. The van der Waals surface area contributed by atoms with Gasteiger partial charge < -0.3 is 14.6 Å². The molecule has 1 heterocycles. The smallest absolute Gasteiger partial charge is 0.407 e. The number of para-hydroxylation sites is 2. The van der Waals surface area contributed by atoms with Crippen molar-refractivity contribution in [2.75, 3.05) is 6.54 Å². The molecule has 4 rings (SSSR count). The Labute approximate surface area is 189 Å². The number of rotatable bonds is 5. The van der Waals surface area contributed by atoms with E-state index in [0.717, 1.165) is 33.4 Å². The molecule has 1 N–H and O–H groups in total. The number of nitrogens with zero attached hydrogens (tertiary/aromatic N) is 1. The topological polar surface area (TPSA) is 43.3 Å². The summed E-state index contributed by atoms with van der Waals surface area (Å²) in [6.45, 7) is 5.95. The molecule has 0 aliphatic rings. The second-order valence-electron chi connectivity index (χ2n) is 8.60. The summed E-state index contributed by atoms with van der Waals surface area (Å²) in [5.74, 6) is 0. The highest BCUT2D eigenvalue weighted by molar-refractivity contribution is 5.99. The van der Waals surface area contributed by atoms with Crippen LogP contribution in [-0.2, 0) is 4.74 Å². The first kappa shape index (κ1) is 21.4. The molecule has 162 valence electrons. The lowest BCUT2D eigenvalue weighted by Crippen LogP contribution is -2.32. The van der Waals surface area contributed by atoms with Gasteiger partial charge in [-0.15, -0.1) is 0 Å². The highest BCUT2D eigenvalue weighted by Gasteiger charge is 2.18. The second-order valence-corrected chi connectivity index (χ2v) is 8.60. The van der Waals surface area contributed by atoms with Gasteiger partial charge in [0.2, 0.25) is 0 Å². The average Bonchev–Trinajstić information content (AvgIpc) is 3.11. The van der Waals surface area contributed by atoms with Gasteiger partial charge in [0.1, 0.15) is 5.60 Å². The first-order valence-corrected chi connectivity index (χ1v) is 10.8. The van der Waals surface area contributed by atoms with E-state index in [9.17, 15) is 4.79 Å².